The van der Waals surface area contributed by atoms with E-state index in [0.29, 0.717) is 5.56 Å². The minimum Gasteiger partial charge on any atom is -0.337 e. The first-order valence-electron chi connectivity index (χ1n) is 5.63. The van der Waals surface area contributed by atoms with Crippen molar-refractivity contribution in [3.8, 4) is 0 Å². The van der Waals surface area contributed by atoms with Gasteiger partial charge in [0.25, 0.3) is 11.6 Å². The standard InChI is InChI=1S/C11H12N2O5S/c14-11(12-5-7-19(17,18)8-6-12)9-1-3-10(4-2-9)13(15)16/h1-4H,5-8H2. The van der Waals surface area contributed by atoms with Crippen LogP contribution in [0.25, 0.3) is 0 Å². The molecule has 102 valence electrons. The number of carbonyl (C=O) groups excluding carboxylic acids is 1. The molecule has 1 fully saturated rings. The van der Waals surface area contributed by atoms with Gasteiger partial charge in [-0.05, 0) is 12.1 Å². The summed E-state index contributed by atoms with van der Waals surface area (Å²) in [7, 11) is -3.03. The maximum Gasteiger partial charge on any atom is 0.269 e. The number of nitro groups is 1. The molecule has 0 atom stereocenters. The molecule has 0 radical (unpaired) electrons. The van der Waals surface area contributed by atoms with Crippen LogP contribution in [0.2, 0.25) is 0 Å². The maximum absolute atomic E-state index is 12.1. The van der Waals surface area contributed by atoms with Gasteiger partial charge in [0.1, 0.15) is 0 Å². The van der Waals surface area contributed by atoms with Crippen molar-refractivity contribution < 1.29 is 18.1 Å². The zero-order valence-corrected chi connectivity index (χ0v) is 10.8. The number of non-ortho nitro benzene ring substituents is 1. The van der Waals surface area contributed by atoms with Gasteiger partial charge in [-0.3, -0.25) is 14.9 Å². The van der Waals surface area contributed by atoms with Crippen molar-refractivity contribution >= 4 is 21.4 Å². The molecule has 1 heterocycles. The van der Waals surface area contributed by atoms with Crippen LogP contribution >= 0.6 is 0 Å². The van der Waals surface area contributed by atoms with Gasteiger partial charge in [-0.15, -0.1) is 0 Å². The van der Waals surface area contributed by atoms with Gasteiger partial charge in [-0.2, -0.15) is 0 Å². The number of sulfone groups is 1. The zero-order chi connectivity index (χ0) is 14.0. The summed E-state index contributed by atoms with van der Waals surface area (Å²) in [5, 5.41) is 10.5. The van der Waals surface area contributed by atoms with Crippen molar-refractivity contribution in [3.63, 3.8) is 0 Å². The molecule has 0 unspecified atom stereocenters. The lowest BCUT2D eigenvalue weighted by Gasteiger charge is -2.26. The molecule has 0 aliphatic carbocycles. The van der Waals surface area contributed by atoms with E-state index in [4.69, 9.17) is 0 Å². The number of nitro benzene ring substituents is 1. The van der Waals surface area contributed by atoms with Crippen molar-refractivity contribution in [1.82, 2.24) is 4.90 Å². The summed E-state index contributed by atoms with van der Waals surface area (Å²) in [6.07, 6.45) is 0. The highest BCUT2D eigenvalue weighted by molar-refractivity contribution is 7.91. The summed E-state index contributed by atoms with van der Waals surface area (Å²) >= 11 is 0. The molecule has 0 bridgehead atoms. The molecule has 7 nitrogen and oxygen atoms in total. The minimum absolute atomic E-state index is 0.0360. The third kappa shape index (κ3) is 3.08. The Bertz CT molecular complexity index is 594. The first-order valence-corrected chi connectivity index (χ1v) is 7.45. The molecule has 0 spiro atoms. The highest BCUT2D eigenvalue weighted by atomic mass is 32.2. The second kappa shape index (κ2) is 4.96. The Kier molecular flexibility index (Phi) is 3.52. The average molecular weight is 284 g/mol. The SMILES string of the molecule is O=C(c1ccc([N+](=O)[O-])cc1)N1CCS(=O)(=O)CC1. The number of hydrogen-bond donors (Lipinski definition) is 0. The highest BCUT2D eigenvalue weighted by Gasteiger charge is 2.25. The summed E-state index contributed by atoms with van der Waals surface area (Å²) in [4.78, 5) is 23.5. The van der Waals surface area contributed by atoms with Crippen LogP contribution in [-0.4, -0.2) is 48.7 Å². The van der Waals surface area contributed by atoms with Crippen molar-refractivity contribution in [1.29, 1.82) is 0 Å². The predicted octanol–water partition coefficient (Wildman–Crippen LogP) is 0.465. The molecule has 1 amide bonds. The fourth-order valence-electron chi connectivity index (χ4n) is 1.82. The second-order valence-electron chi connectivity index (χ2n) is 4.25. The molecule has 1 saturated heterocycles. The molecular weight excluding hydrogens is 272 g/mol. The topological polar surface area (TPSA) is 97.6 Å². The molecule has 19 heavy (non-hydrogen) atoms. The number of nitrogens with zero attached hydrogens (tertiary/aromatic N) is 2. The van der Waals surface area contributed by atoms with Gasteiger partial charge in [0.15, 0.2) is 9.84 Å². The van der Waals surface area contributed by atoms with Gasteiger partial charge in [0.2, 0.25) is 0 Å². The van der Waals surface area contributed by atoms with E-state index >= 15 is 0 Å². The molecule has 1 aromatic rings. The molecular formula is C11H12N2O5S. The van der Waals surface area contributed by atoms with Crippen molar-refractivity contribution in [2.45, 2.75) is 0 Å². The Morgan fingerprint density at radius 3 is 2.16 bits per heavy atom. The number of amides is 1. The van der Waals surface area contributed by atoms with E-state index in [1.54, 1.807) is 0 Å². The van der Waals surface area contributed by atoms with Crippen molar-refractivity contribution in [3.05, 3.63) is 39.9 Å². The van der Waals surface area contributed by atoms with E-state index in [1.807, 2.05) is 0 Å². The third-order valence-electron chi connectivity index (χ3n) is 2.96. The summed E-state index contributed by atoms with van der Waals surface area (Å²) in [5.41, 5.74) is 0.239. The minimum atomic E-state index is -3.03. The largest absolute Gasteiger partial charge is 0.337 e. The lowest BCUT2D eigenvalue weighted by molar-refractivity contribution is -0.384. The molecule has 0 N–H and O–H groups in total. The van der Waals surface area contributed by atoms with Crippen LogP contribution in [0.4, 0.5) is 5.69 Å². The molecule has 1 aliphatic rings. The third-order valence-corrected chi connectivity index (χ3v) is 4.57. The highest BCUT2D eigenvalue weighted by Crippen LogP contribution is 2.15. The fraction of sp³-hybridized carbons (Fsp3) is 0.364. The van der Waals surface area contributed by atoms with E-state index < -0.39 is 14.8 Å². The van der Waals surface area contributed by atoms with Crippen LogP contribution in [0.1, 0.15) is 10.4 Å². The lowest BCUT2D eigenvalue weighted by atomic mass is 10.2. The summed E-state index contributed by atoms with van der Waals surface area (Å²) < 4.78 is 22.5. The molecule has 2 rings (SSSR count). The average Bonchev–Trinajstić information content (AvgIpc) is 2.38. The Morgan fingerprint density at radius 2 is 1.68 bits per heavy atom. The first kappa shape index (κ1) is 13.5. The number of benzene rings is 1. The van der Waals surface area contributed by atoms with Crippen LogP contribution in [0.15, 0.2) is 24.3 Å². The number of rotatable bonds is 2. The Hall–Kier alpha value is -1.96. The van der Waals surface area contributed by atoms with Gasteiger partial charge in [0, 0.05) is 30.8 Å². The summed E-state index contributed by atoms with van der Waals surface area (Å²) in [6.45, 7) is 0.330. The number of carbonyl (C=O) groups is 1. The summed E-state index contributed by atoms with van der Waals surface area (Å²) in [6, 6.07) is 5.27. The molecule has 1 aromatic carbocycles. The van der Waals surface area contributed by atoms with Gasteiger partial charge < -0.3 is 4.90 Å². The van der Waals surface area contributed by atoms with Crippen LogP contribution in [0.5, 0.6) is 0 Å². The predicted molar refractivity (Wildman–Crippen MR) is 67.7 cm³/mol. The lowest BCUT2D eigenvalue weighted by Crippen LogP contribution is -2.43. The van der Waals surface area contributed by atoms with Crippen LogP contribution in [0.3, 0.4) is 0 Å². The van der Waals surface area contributed by atoms with Crippen LogP contribution in [0, 0.1) is 10.1 Å². The fourth-order valence-corrected chi connectivity index (χ4v) is 3.03. The molecule has 1 aliphatic heterocycles. The van der Waals surface area contributed by atoms with Crippen molar-refractivity contribution in [2.75, 3.05) is 24.6 Å². The van der Waals surface area contributed by atoms with Crippen molar-refractivity contribution in [2.24, 2.45) is 0 Å². The van der Waals surface area contributed by atoms with E-state index in [2.05, 4.69) is 0 Å². The summed E-state index contributed by atoms with van der Waals surface area (Å²) in [5.74, 6) is -0.373. The van der Waals surface area contributed by atoms with E-state index in [1.165, 1.54) is 29.2 Å². The van der Waals surface area contributed by atoms with Gasteiger partial charge in [-0.1, -0.05) is 0 Å². The maximum atomic E-state index is 12.1. The zero-order valence-electron chi connectivity index (χ0n) is 9.98. The van der Waals surface area contributed by atoms with Crippen LogP contribution in [-0.2, 0) is 9.84 Å². The molecule has 8 heteroatoms. The Morgan fingerprint density at radius 1 is 1.16 bits per heavy atom. The number of hydrogen-bond acceptors (Lipinski definition) is 5. The monoisotopic (exact) mass is 284 g/mol. The van der Waals surface area contributed by atoms with Crippen LogP contribution < -0.4 is 0 Å². The Labute approximate surface area is 109 Å². The van der Waals surface area contributed by atoms with E-state index in [0.717, 1.165) is 0 Å². The molecule has 0 aromatic heterocycles. The normalized spacial score (nSPS) is 18.0. The second-order valence-corrected chi connectivity index (χ2v) is 6.55. The first-order chi connectivity index (χ1) is 8.89. The van der Waals surface area contributed by atoms with Gasteiger partial charge in [0.05, 0.1) is 16.4 Å². The smallest absolute Gasteiger partial charge is 0.269 e. The Balaban J connectivity index is 2.10. The van der Waals surface area contributed by atoms with Gasteiger partial charge >= 0.3 is 0 Å². The molecule has 0 saturated carbocycles. The van der Waals surface area contributed by atoms with E-state index in [-0.39, 0.29) is 36.2 Å². The van der Waals surface area contributed by atoms with Gasteiger partial charge in [-0.25, -0.2) is 8.42 Å². The van der Waals surface area contributed by atoms with E-state index in [9.17, 15) is 23.3 Å². The quantitative estimate of drug-likeness (QED) is 0.580.